The molecule has 0 radical (unpaired) electrons. The highest BCUT2D eigenvalue weighted by atomic mass is 32.1. The highest BCUT2D eigenvalue weighted by molar-refractivity contribution is 7.14. The van der Waals surface area contributed by atoms with Gasteiger partial charge in [0, 0.05) is 25.1 Å². The van der Waals surface area contributed by atoms with Crippen LogP contribution in [0.5, 0.6) is 0 Å². The molecule has 0 spiro atoms. The number of fused-ring (bicyclic) bond motifs is 1. The summed E-state index contributed by atoms with van der Waals surface area (Å²) in [6.07, 6.45) is 0.562. The Morgan fingerprint density at radius 2 is 2.11 bits per heavy atom. The summed E-state index contributed by atoms with van der Waals surface area (Å²) in [7, 11) is 0. The first kappa shape index (κ1) is 18.2. The quantitative estimate of drug-likeness (QED) is 0.683. The fourth-order valence-corrected chi connectivity index (χ4v) is 4.01. The molecule has 2 aromatic rings. The van der Waals surface area contributed by atoms with E-state index in [0.29, 0.717) is 18.5 Å². The van der Waals surface area contributed by atoms with Gasteiger partial charge in [0.2, 0.25) is 11.8 Å². The molecule has 1 unspecified atom stereocenters. The third-order valence-electron chi connectivity index (χ3n) is 4.80. The summed E-state index contributed by atoms with van der Waals surface area (Å²) in [5.74, 6) is -0.960. The van der Waals surface area contributed by atoms with Crippen molar-refractivity contribution in [3.8, 4) is 0 Å². The van der Waals surface area contributed by atoms with E-state index in [4.69, 9.17) is 0 Å². The molecule has 1 aromatic heterocycles. The predicted octanol–water partition coefficient (Wildman–Crippen LogP) is 1.83. The van der Waals surface area contributed by atoms with Gasteiger partial charge in [0.15, 0.2) is 0 Å². The number of hydrogen-bond acceptors (Lipinski definition) is 5. The first-order chi connectivity index (χ1) is 13.5. The molecule has 1 aromatic carbocycles. The molecule has 8 nitrogen and oxygen atoms in total. The molecule has 3 N–H and O–H groups in total. The van der Waals surface area contributed by atoms with Crippen LogP contribution >= 0.6 is 11.3 Å². The third-order valence-corrected chi connectivity index (χ3v) is 5.59. The molecule has 0 aliphatic carbocycles. The minimum Gasteiger partial charge on any atom is -0.334 e. The van der Waals surface area contributed by atoms with Crippen LogP contribution in [0.25, 0.3) is 0 Å². The number of rotatable bonds is 4. The Labute approximate surface area is 164 Å². The Morgan fingerprint density at radius 1 is 1.25 bits per heavy atom. The summed E-state index contributed by atoms with van der Waals surface area (Å²) >= 11 is 1.43. The number of thiophene rings is 1. The molecule has 4 rings (SSSR count). The van der Waals surface area contributed by atoms with Gasteiger partial charge in [-0.3, -0.25) is 25.0 Å². The van der Waals surface area contributed by atoms with E-state index in [0.717, 1.165) is 16.1 Å². The lowest BCUT2D eigenvalue weighted by molar-refractivity contribution is -0.136. The summed E-state index contributed by atoms with van der Waals surface area (Å²) in [4.78, 5) is 49.6. The van der Waals surface area contributed by atoms with E-state index in [-0.39, 0.29) is 30.8 Å². The van der Waals surface area contributed by atoms with Crippen LogP contribution in [0, 0.1) is 0 Å². The molecule has 2 aliphatic heterocycles. The maximum atomic E-state index is 12.8. The van der Waals surface area contributed by atoms with Crippen molar-refractivity contribution in [1.29, 1.82) is 0 Å². The highest BCUT2D eigenvalue weighted by Crippen LogP contribution is 2.28. The molecule has 1 fully saturated rings. The first-order valence-corrected chi connectivity index (χ1v) is 9.74. The number of anilines is 1. The molecule has 1 saturated heterocycles. The van der Waals surface area contributed by atoms with E-state index in [1.165, 1.54) is 16.2 Å². The van der Waals surface area contributed by atoms with Crippen LogP contribution in [0.4, 0.5) is 9.80 Å². The summed E-state index contributed by atoms with van der Waals surface area (Å²) in [6.45, 7) is 0.614. The van der Waals surface area contributed by atoms with E-state index >= 15 is 0 Å². The Kier molecular flexibility index (Phi) is 4.82. The van der Waals surface area contributed by atoms with E-state index in [2.05, 4.69) is 16.0 Å². The number of nitrogens with one attached hydrogen (secondary N) is 3. The van der Waals surface area contributed by atoms with Crippen LogP contribution in [0.1, 0.15) is 34.3 Å². The molecule has 5 amide bonds. The van der Waals surface area contributed by atoms with Gasteiger partial charge in [0.25, 0.3) is 5.91 Å². The fraction of sp³-hybridized carbons (Fsp3) is 0.263. The van der Waals surface area contributed by atoms with Crippen molar-refractivity contribution in [2.45, 2.75) is 32.0 Å². The summed E-state index contributed by atoms with van der Waals surface area (Å²) in [5, 5.41) is 10.4. The molecule has 9 heteroatoms. The van der Waals surface area contributed by atoms with Crippen molar-refractivity contribution in [1.82, 2.24) is 15.5 Å². The molecular formula is C19H18N4O4S. The Hall–Kier alpha value is -3.20. The summed E-state index contributed by atoms with van der Waals surface area (Å²) in [6, 6.07) is 8.14. The molecule has 0 bridgehead atoms. The van der Waals surface area contributed by atoms with Gasteiger partial charge >= 0.3 is 6.03 Å². The predicted molar refractivity (Wildman–Crippen MR) is 103 cm³/mol. The van der Waals surface area contributed by atoms with E-state index < -0.39 is 11.9 Å². The smallest absolute Gasteiger partial charge is 0.320 e. The van der Waals surface area contributed by atoms with E-state index in [1.807, 2.05) is 29.6 Å². The second kappa shape index (κ2) is 7.43. The number of imide groups is 1. The van der Waals surface area contributed by atoms with Gasteiger partial charge in [0.1, 0.15) is 6.04 Å². The second-order valence-electron chi connectivity index (χ2n) is 6.68. The monoisotopic (exact) mass is 398 g/mol. The van der Waals surface area contributed by atoms with Gasteiger partial charge in [-0.2, -0.15) is 0 Å². The number of carbonyl (C=O) groups excluding carboxylic acids is 4. The van der Waals surface area contributed by atoms with E-state index in [9.17, 15) is 19.2 Å². The number of piperidine rings is 1. The van der Waals surface area contributed by atoms with Crippen LogP contribution in [-0.4, -0.2) is 34.7 Å². The lowest BCUT2D eigenvalue weighted by Gasteiger charge is -2.29. The zero-order chi connectivity index (χ0) is 19.7. The Balaban J connectivity index is 1.40. The van der Waals surface area contributed by atoms with E-state index in [1.54, 1.807) is 6.07 Å². The van der Waals surface area contributed by atoms with Crippen molar-refractivity contribution in [3.63, 3.8) is 0 Å². The van der Waals surface area contributed by atoms with Gasteiger partial charge in [-0.1, -0.05) is 12.1 Å². The molecule has 0 saturated carbocycles. The normalized spacial score (nSPS) is 18.6. The molecule has 28 heavy (non-hydrogen) atoms. The lowest BCUT2D eigenvalue weighted by Crippen LogP contribution is -2.52. The average Bonchev–Trinajstić information content (AvgIpc) is 3.28. The van der Waals surface area contributed by atoms with Crippen LogP contribution in [-0.2, 0) is 22.7 Å². The van der Waals surface area contributed by atoms with Gasteiger partial charge in [-0.15, -0.1) is 11.3 Å². The number of amides is 5. The molecule has 1 atom stereocenters. The van der Waals surface area contributed by atoms with Crippen LogP contribution in [0.3, 0.4) is 0 Å². The second-order valence-corrected chi connectivity index (χ2v) is 7.62. The molecule has 2 aliphatic rings. The summed E-state index contributed by atoms with van der Waals surface area (Å²) < 4.78 is 0. The zero-order valence-corrected chi connectivity index (χ0v) is 15.7. The topological polar surface area (TPSA) is 108 Å². The van der Waals surface area contributed by atoms with Crippen molar-refractivity contribution >= 4 is 40.1 Å². The van der Waals surface area contributed by atoms with Crippen molar-refractivity contribution in [3.05, 3.63) is 52.4 Å². The van der Waals surface area contributed by atoms with Crippen LogP contribution < -0.4 is 16.0 Å². The third kappa shape index (κ3) is 3.61. The standard InChI is InChI=1S/C19H18N4O4S/c24-15-6-5-14(17(25)21-15)23-10-12-4-3-11(8-13(12)18(23)26)9-20-19(27)22-16-2-1-7-28-16/h1-4,7-8,14H,5-6,9-10H2,(H2,20,22,27)(H,21,24,25). The van der Waals surface area contributed by atoms with Crippen molar-refractivity contribution < 1.29 is 19.2 Å². The maximum absolute atomic E-state index is 12.8. The number of hydrogen-bond donors (Lipinski definition) is 3. The largest absolute Gasteiger partial charge is 0.334 e. The summed E-state index contributed by atoms with van der Waals surface area (Å²) in [5.41, 5.74) is 2.16. The van der Waals surface area contributed by atoms with Gasteiger partial charge < -0.3 is 10.2 Å². The van der Waals surface area contributed by atoms with Gasteiger partial charge in [0.05, 0.1) is 5.00 Å². The SMILES string of the molecule is O=C1CCC(N2Cc3ccc(CNC(=O)Nc4cccs4)cc3C2=O)C(=O)N1. The van der Waals surface area contributed by atoms with Crippen molar-refractivity contribution in [2.24, 2.45) is 0 Å². The van der Waals surface area contributed by atoms with Crippen LogP contribution in [0.2, 0.25) is 0 Å². The molecular weight excluding hydrogens is 380 g/mol. The Bertz CT molecular complexity index is 957. The van der Waals surface area contributed by atoms with Gasteiger partial charge in [-0.25, -0.2) is 4.79 Å². The maximum Gasteiger partial charge on any atom is 0.320 e. The molecule has 144 valence electrons. The number of carbonyl (C=O) groups is 4. The van der Waals surface area contributed by atoms with Crippen LogP contribution in [0.15, 0.2) is 35.7 Å². The first-order valence-electron chi connectivity index (χ1n) is 8.86. The van der Waals surface area contributed by atoms with Crippen molar-refractivity contribution in [2.75, 3.05) is 5.32 Å². The minimum absolute atomic E-state index is 0.227. The average molecular weight is 398 g/mol. The minimum atomic E-state index is -0.629. The lowest BCUT2D eigenvalue weighted by atomic mass is 10.0. The van der Waals surface area contributed by atoms with Gasteiger partial charge in [-0.05, 0) is 41.1 Å². The fourth-order valence-electron chi connectivity index (χ4n) is 3.40. The Morgan fingerprint density at radius 3 is 2.86 bits per heavy atom. The molecule has 3 heterocycles. The highest BCUT2D eigenvalue weighted by Gasteiger charge is 2.39. The number of benzene rings is 1. The number of urea groups is 1. The number of nitrogens with zero attached hydrogens (tertiary/aromatic N) is 1. The zero-order valence-electron chi connectivity index (χ0n) is 14.9.